The number of urea groups is 1. The van der Waals surface area contributed by atoms with Crippen molar-refractivity contribution in [3.05, 3.63) is 65.7 Å². The first-order valence-corrected chi connectivity index (χ1v) is 9.33. The number of carbonyl (C=O) groups excluding carboxylic acids is 1. The van der Waals surface area contributed by atoms with Gasteiger partial charge in [0.15, 0.2) is 0 Å². The van der Waals surface area contributed by atoms with E-state index in [9.17, 15) is 9.59 Å². The fourth-order valence-corrected chi connectivity index (χ4v) is 2.98. The summed E-state index contributed by atoms with van der Waals surface area (Å²) in [7, 11) is 3.35. The standard InChI is InChI=1S/C22H28N2O4/c1-16(18-9-12-20(28-3)13-10-18)24(2)22(27)23-19(11-14-21(25)26)15-17-7-5-4-6-8-17/h4-10,12-13,16,19H,11,14-15H2,1-3H3,(H,23,27)(H,25,26). The van der Waals surface area contributed by atoms with Gasteiger partial charge in [0, 0.05) is 19.5 Å². The predicted octanol–water partition coefficient (Wildman–Crippen LogP) is 3.87. The minimum atomic E-state index is -0.868. The highest BCUT2D eigenvalue weighted by atomic mass is 16.5. The Balaban J connectivity index is 2.03. The summed E-state index contributed by atoms with van der Waals surface area (Å²) in [5.41, 5.74) is 2.05. The lowest BCUT2D eigenvalue weighted by molar-refractivity contribution is -0.137. The fraction of sp³-hybridized carbons (Fsp3) is 0.364. The van der Waals surface area contributed by atoms with E-state index in [-0.39, 0.29) is 24.5 Å². The Morgan fingerprint density at radius 2 is 1.75 bits per heavy atom. The van der Waals surface area contributed by atoms with Crippen LogP contribution in [0.5, 0.6) is 5.75 Å². The summed E-state index contributed by atoms with van der Waals surface area (Å²) >= 11 is 0. The number of methoxy groups -OCH3 is 1. The number of carboxylic acids is 1. The number of carbonyl (C=O) groups is 2. The largest absolute Gasteiger partial charge is 0.497 e. The summed E-state index contributed by atoms with van der Waals surface area (Å²) in [6, 6.07) is 16.7. The van der Waals surface area contributed by atoms with Crippen molar-refractivity contribution in [2.75, 3.05) is 14.2 Å². The third-order valence-corrected chi connectivity index (χ3v) is 4.86. The molecule has 0 aliphatic carbocycles. The third kappa shape index (κ3) is 6.30. The van der Waals surface area contributed by atoms with Gasteiger partial charge in [-0.1, -0.05) is 42.5 Å². The maximum absolute atomic E-state index is 12.8. The van der Waals surface area contributed by atoms with Crippen LogP contribution in [0.2, 0.25) is 0 Å². The zero-order chi connectivity index (χ0) is 20.5. The summed E-state index contributed by atoms with van der Waals surface area (Å²) in [6.07, 6.45) is 0.973. The third-order valence-electron chi connectivity index (χ3n) is 4.86. The molecule has 0 aliphatic heterocycles. The van der Waals surface area contributed by atoms with Crippen LogP contribution in [-0.2, 0) is 11.2 Å². The van der Waals surface area contributed by atoms with Crippen LogP contribution in [0.1, 0.15) is 36.9 Å². The van der Waals surface area contributed by atoms with E-state index in [0.29, 0.717) is 12.8 Å². The molecular formula is C22H28N2O4. The fourth-order valence-electron chi connectivity index (χ4n) is 2.98. The number of hydrogen-bond acceptors (Lipinski definition) is 3. The molecule has 0 fully saturated rings. The predicted molar refractivity (Wildman–Crippen MR) is 109 cm³/mol. The van der Waals surface area contributed by atoms with Crippen LogP contribution in [0.15, 0.2) is 54.6 Å². The van der Waals surface area contributed by atoms with Gasteiger partial charge in [-0.3, -0.25) is 4.79 Å². The molecule has 150 valence electrons. The van der Waals surface area contributed by atoms with E-state index >= 15 is 0 Å². The second-order valence-electron chi connectivity index (χ2n) is 6.83. The average molecular weight is 384 g/mol. The lowest BCUT2D eigenvalue weighted by atomic mass is 10.0. The van der Waals surface area contributed by atoms with Crippen molar-refractivity contribution in [3.8, 4) is 5.75 Å². The molecule has 0 saturated carbocycles. The van der Waals surface area contributed by atoms with E-state index in [1.165, 1.54) is 0 Å². The number of ether oxygens (including phenoxy) is 1. The van der Waals surface area contributed by atoms with Gasteiger partial charge in [0.1, 0.15) is 5.75 Å². The van der Waals surface area contributed by atoms with Crippen molar-refractivity contribution >= 4 is 12.0 Å². The summed E-state index contributed by atoms with van der Waals surface area (Å²) in [5, 5.41) is 12.0. The van der Waals surface area contributed by atoms with E-state index in [1.807, 2.05) is 61.5 Å². The zero-order valence-corrected chi connectivity index (χ0v) is 16.6. The summed E-state index contributed by atoms with van der Waals surface area (Å²) in [6.45, 7) is 1.95. The summed E-state index contributed by atoms with van der Waals surface area (Å²) < 4.78 is 5.17. The molecule has 2 rings (SSSR count). The molecule has 6 heteroatoms. The number of nitrogens with one attached hydrogen (secondary N) is 1. The summed E-state index contributed by atoms with van der Waals surface area (Å²) in [4.78, 5) is 25.4. The van der Waals surface area contributed by atoms with Gasteiger partial charge >= 0.3 is 12.0 Å². The normalized spacial score (nSPS) is 12.7. The minimum absolute atomic E-state index is 0.00945. The van der Waals surface area contributed by atoms with Crippen LogP contribution in [0, 0.1) is 0 Å². The number of aliphatic carboxylic acids is 1. The SMILES string of the molecule is COc1ccc(C(C)N(C)C(=O)NC(CCC(=O)O)Cc2ccccc2)cc1. The van der Waals surface area contributed by atoms with Crippen molar-refractivity contribution in [1.82, 2.24) is 10.2 Å². The Kier molecular flexibility index (Phi) is 7.87. The molecule has 0 bridgehead atoms. The zero-order valence-electron chi connectivity index (χ0n) is 16.6. The van der Waals surface area contributed by atoms with Gasteiger partial charge in [-0.05, 0) is 43.0 Å². The van der Waals surface area contributed by atoms with Crippen LogP contribution < -0.4 is 10.1 Å². The Hall–Kier alpha value is -3.02. The second-order valence-corrected chi connectivity index (χ2v) is 6.83. The van der Waals surface area contributed by atoms with Crippen LogP contribution in [0.3, 0.4) is 0 Å². The molecule has 2 aromatic rings. The van der Waals surface area contributed by atoms with Gasteiger partial charge in [0.25, 0.3) is 0 Å². The number of nitrogens with zero attached hydrogens (tertiary/aromatic N) is 1. The van der Waals surface area contributed by atoms with E-state index in [4.69, 9.17) is 9.84 Å². The molecule has 0 aliphatic rings. The number of benzene rings is 2. The van der Waals surface area contributed by atoms with Crippen molar-refractivity contribution in [2.45, 2.75) is 38.3 Å². The minimum Gasteiger partial charge on any atom is -0.497 e. The van der Waals surface area contributed by atoms with Crippen LogP contribution in [0.4, 0.5) is 4.79 Å². The molecule has 2 N–H and O–H groups in total. The van der Waals surface area contributed by atoms with Crippen molar-refractivity contribution < 1.29 is 19.4 Å². The Labute approximate surface area is 166 Å². The molecule has 2 unspecified atom stereocenters. The van der Waals surface area contributed by atoms with Crippen molar-refractivity contribution in [2.24, 2.45) is 0 Å². The van der Waals surface area contributed by atoms with Crippen molar-refractivity contribution in [1.29, 1.82) is 0 Å². The van der Waals surface area contributed by atoms with Gasteiger partial charge in [-0.15, -0.1) is 0 Å². The average Bonchev–Trinajstić information content (AvgIpc) is 2.71. The lowest BCUT2D eigenvalue weighted by Crippen LogP contribution is -2.45. The van der Waals surface area contributed by atoms with Crippen LogP contribution in [-0.4, -0.2) is 42.2 Å². The van der Waals surface area contributed by atoms with Gasteiger partial charge in [-0.2, -0.15) is 0 Å². The molecule has 2 aromatic carbocycles. The van der Waals surface area contributed by atoms with Gasteiger partial charge in [0.2, 0.25) is 0 Å². The topological polar surface area (TPSA) is 78.9 Å². The van der Waals surface area contributed by atoms with Crippen LogP contribution in [0.25, 0.3) is 0 Å². The van der Waals surface area contributed by atoms with E-state index in [1.54, 1.807) is 19.1 Å². The van der Waals surface area contributed by atoms with E-state index < -0.39 is 5.97 Å². The highest BCUT2D eigenvalue weighted by Gasteiger charge is 2.21. The van der Waals surface area contributed by atoms with Gasteiger partial charge < -0.3 is 20.1 Å². The maximum atomic E-state index is 12.8. The van der Waals surface area contributed by atoms with Gasteiger partial charge in [-0.25, -0.2) is 4.79 Å². The molecule has 0 radical (unpaired) electrons. The van der Waals surface area contributed by atoms with Crippen molar-refractivity contribution in [3.63, 3.8) is 0 Å². The Bertz CT molecular complexity index is 762. The number of hydrogen-bond donors (Lipinski definition) is 2. The molecule has 28 heavy (non-hydrogen) atoms. The molecule has 6 nitrogen and oxygen atoms in total. The first-order chi connectivity index (χ1) is 13.4. The molecular weight excluding hydrogens is 356 g/mol. The maximum Gasteiger partial charge on any atom is 0.317 e. The number of carboxylic acid groups (broad SMARTS) is 1. The monoisotopic (exact) mass is 384 g/mol. The van der Waals surface area contributed by atoms with Gasteiger partial charge in [0.05, 0.1) is 13.2 Å². The Morgan fingerprint density at radius 3 is 2.32 bits per heavy atom. The molecule has 0 heterocycles. The van der Waals surface area contributed by atoms with E-state index in [2.05, 4.69) is 5.32 Å². The number of amides is 2. The highest BCUT2D eigenvalue weighted by molar-refractivity contribution is 5.75. The smallest absolute Gasteiger partial charge is 0.317 e. The molecule has 2 atom stereocenters. The molecule has 0 aromatic heterocycles. The highest BCUT2D eigenvalue weighted by Crippen LogP contribution is 2.22. The lowest BCUT2D eigenvalue weighted by Gasteiger charge is -2.28. The number of rotatable bonds is 9. The van der Waals surface area contributed by atoms with Crippen LogP contribution >= 0.6 is 0 Å². The first-order valence-electron chi connectivity index (χ1n) is 9.33. The molecule has 2 amide bonds. The summed E-state index contributed by atoms with van der Waals surface area (Å²) in [5.74, 6) is -0.105. The second kappa shape index (κ2) is 10.3. The molecule has 0 spiro atoms. The Morgan fingerprint density at radius 1 is 1.11 bits per heavy atom. The first kappa shape index (κ1) is 21.3. The van der Waals surface area contributed by atoms with E-state index in [0.717, 1.165) is 16.9 Å². The quantitative estimate of drug-likeness (QED) is 0.688. The molecule has 0 saturated heterocycles.